The number of unbranched alkanes of at least 4 members (excludes halogenated alkanes) is 13. The van der Waals surface area contributed by atoms with Gasteiger partial charge in [0, 0.05) is 19.4 Å². The summed E-state index contributed by atoms with van der Waals surface area (Å²) in [6.45, 7) is 7.38. The largest absolute Gasteiger partial charge is 0.462 e. The molecular weight excluding hydrogens is 765 g/mol. The van der Waals surface area contributed by atoms with Crippen LogP contribution in [0.25, 0.3) is 0 Å². The van der Waals surface area contributed by atoms with E-state index in [0.29, 0.717) is 19.4 Å². The molecule has 62 heavy (non-hydrogen) atoms. The minimum Gasteiger partial charge on any atom is -0.462 e. The van der Waals surface area contributed by atoms with Gasteiger partial charge in [-0.15, -0.1) is 0 Å². The smallest absolute Gasteiger partial charge is 0.306 e. The van der Waals surface area contributed by atoms with E-state index in [4.69, 9.17) is 14.2 Å². The van der Waals surface area contributed by atoms with Gasteiger partial charge < -0.3 is 14.2 Å². The third kappa shape index (κ3) is 49.0. The zero-order valence-electron chi connectivity index (χ0n) is 40.1. The summed E-state index contributed by atoms with van der Waals surface area (Å²) in [6, 6.07) is 0. The van der Waals surface area contributed by atoms with Gasteiger partial charge in [-0.05, 0) is 122 Å². The van der Waals surface area contributed by atoms with Gasteiger partial charge in [0.1, 0.15) is 6.61 Å². The molecule has 0 spiro atoms. The quantitative estimate of drug-likeness (QED) is 0.0347. The summed E-state index contributed by atoms with van der Waals surface area (Å²) < 4.78 is 17.3. The lowest BCUT2D eigenvalue weighted by Crippen LogP contribution is -2.30. The average molecular weight is 857 g/mol. The van der Waals surface area contributed by atoms with Gasteiger partial charge in [0.25, 0.3) is 0 Å². The van der Waals surface area contributed by atoms with Crippen LogP contribution in [0.2, 0.25) is 0 Å². The van der Waals surface area contributed by atoms with Crippen molar-refractivity contribution in [3.05, 3.63) is 122 Å². The molecule has 0 aliphatic rings. The number of carbonyl (C=O) groups is 2. The minimum atomic E-state index is -0.577. The van der Waals surface area contributed by atoms with Crippen LogP contribution in [0, 0.1) is 0 Å². The lowest BCUT2D eigenvalue weighted by atomic mass is 10.1. The normalized spacial score (nSPS) is 13.3. The molecule has 5 nitrogen and oxygen atoms in total. The van der Waals surface area contributed by atoms with E-state index in [1.165, 1.54) is 32.1 Å². The Labute approximate surface area is 382 Å². The molecule has 0 aromatic heterocycles. The molecular formula is C57H92O5. The maximum atomic E-state index is 12.8. The molecule has 350 valence electrons. The summed E-state index contributed by atoms with van der Waals surface area (Å²) in [5, 5.41) is 0. The predicted molar refractivity (Wildman–Crippen MR) is 269 cm³/mol. The van der Waals surface area contributed by atoms with E-state index in [0.717, 1.165) is 135 Å². The molecule has 0 heterocycles. The molecule has 0 saturated carbocycles. The van der Waals surface area contributed by atoms with Gasteiger partial charge in [0.15, 0.2) is 6.10 Å². The van der Waals surface area contributed by atoms with Crippen LogP contribution < -0.4 is 0 Å². The third-order valence-electron chi connectivity index (χ3n) is 9.97. The molecule has 0 amide bonds. The van der Waals surface area contributed by atoms with Crippen molar-refractivity contribution in [3.8, 4) is 0 Å². The molecule has 0 radical (unpaired) electrons. The van der Waals surface area contributed by atoms with Gasteiger partial charge in [0.2, 0.25) is 0 Å². The fourth-order valence-corrected chi connectivity index (χ4v) is 6.35. The Bertz CT molecular complexity index is 1290. The minimum absolute atomic E-state index is 0.0457. The van der Waals surface area contributed by atoms with E-state index in [2.05, 4.69) is 142 Å². The van der Waals surface area contributed by atoms with Crippen molar-refractivity contribution >= 4 is 11.9 Å². The fraction of sp³-hybridized carbons (Fsp3) is 0.614. The highest BCUT2D eigenvalue weighted by atomic mass is 16.6. The van der Waals surface area contributed by atoms with Crippen molar-refractivity contribution in [1.29, 1.82) is 0 Å². The van der Waals surface area contributed by atoms with Crippen LogP contribution in [0.1, 0.15) is 201 Å². The van der Waals surface area contributed by atoms with Crippen molar-refractivity contribution in [2.45, 2.75) is 207 Å². The molecule has 0 aliphatic heterocycles. The number of ether oxygens (including phenoxy) is 3. The molecule has 1 atom stereocenters. The fourth-order valence-electron chi connectivity index (χ4n) is 6.35. The number of carbonyl (C=O) groups excluding carboxylic acids is 2. The first-order valence-corrected chi connectivity index (χ1v) is 25.1. The highest BCUT2D eigenvalue weighted by Gasteiger charge is 2.17. The van der Waals surface area contributed by atoms with Crippen LogP contribution in [-0.4, -0.2) is 37.9 Å². The first-order chi connectivity index (χ1) is 30.6. The molecule has 0 bridgehead atoms. The second-order valence-corrected chi connectivity index (χ2v) is 15.9. The summed E-state index contributed by atoms with van der Waals surface area (Å²) >= 11 is 0. The number of allylic oxidation sites excluding steroid dienone is 20. The van der Waals surface area contributed by atoms with E-state index >= 15 is 0 Å². The van der Waals surface area contributed by atoms with Gasteiger partial charge in [-0.2, -0.15) is 0 Å². The Morgan fingerprint density at radius 1 is 0.355 bits per heavy atom. The molecule has 1 unspecified atom stereocenters. The number of hydrogen-bond acceptors (Lipinski definition) is 5. The first-order valence-electron chi connectivity index (χ1n) is 25.1. The molecule has 0 fully saturated rings. The SMILES string of the molecule is CC/C=C\C/C=C\C/C=C\C/C=C\CCCCCCCCCOCC(COC(=O)CCCCC/C=C\C/C=C\C/C=C\CC)OC(=O)CCCCC/C=C\C/C=C\C/C=C\CC. The molecule has 0 rings (SSSR count). The number of hydrogen-bond donors (Lipinski definition) is 0. The average Bonchev–Trinajstić information content (AvgIpc) is 3.27. The Morgan fingerprint density at radius 3 is 1.08 bits per heavy atom. The monoisotopic (exact) mass is 857 g/mol. The standard InChI is InChI=1S/C57H92O5/c1-4-7-10-13-16-19-22-25-26-27-28-29-30-31-34-37-40-43-46-49-52-60-53-55(62-57(59)51-48-45-42-39-36-33-24-21-18-15-12-9-6-3)54-61-56(58)50-47-44-41-38-35-32-23-20-17-14-11-8-5-2/h7-12,16-21,25-26,28-29,32-33,35-36,55H,4-6,13-15,22-24,27,30-31,34,37-54H2,1-3H3/b10-7-,11-8-,12-9-,19-16-,20-17-,21-18-,26-25-,29-28-,35-32-,36-33-. The van der Waals surface area contributed by atoms with Crippen LogP contribution in [0.3, 0.4) is 0 Å². The second kappa shape index (κ2) is 51.6. The topological polar surface area (TPSA) is 61.8 Å². The van der Waals surface area contributed by atoms with Gasteiger partial charge in [-0.25, -0.2) is 0 Å². The molecule has 0 N–H and O–H groups in total. The number of rotatable bonds is 44. The molecule has 0 aliphatic carbocycles. The van der Waals surface area contributed by atoms with Crippen molar-refractivity contribution in [2.75, 3.05) is 19.8 Å². The molecule has 0 aromatic carbocycles. The Morgan fingerprint density at radius 2 is 0.677 bits per heavy atom. The zero-order chi connectivity index (χ0) is 44.9. The summed E-state index contributed by atoms with van der Waals surface area (Å²) in [4.78, 5) is 25.3. The molecule has 0 saturated heterocycles. The Balaban J connectivity index is 4.36. The van der Waals surface area contributed by atoms with E-state index in [-0.39, 0.29) is 25.2 Å². The van der Waals surface area contributed by atoms with E-state index in [1.807, 2.05) is 0 Å². The van der Waals surface area contributed by atoms with E-state index in [9.17, 15) is 9.59 Å². The maximum absolute atomic E-state index is 12.8. The highest BCUT2D eigenvalue weighted by Crippen LogP contribution is 2.12. The van der Waals surface area contributed by atoms with Crippen molar-refractivity contribution in [2.24, 2.45) is 0 Å². The van der Waals surface area contributed by atoms with Gasteiger partial charge in [-0.1, -0.05) is 187 Å². The molecule has 5 heteroatoms. The Hall–Kier alpha value is -3.70. The summed E-state index contributed by atoms with van der Waals surface area (Å²) in [5.41, 5.74) is 0. The second-order valence-electron chi connectivity index (χ2n) is 15.9. The van der Waals surface area contributed by atoms with Crippen molar-refractivity contribution in [3.63, 3.8) is 0 Å². The van der Waals surface area contributed by atoms with E-state index < -0.39 is 6.10 Å². The van der Waals surface area contributed by atoms with Crippen molar-refractivity contribution < 1.29 is 23.8 Å². The third-order valence-corrected chi connectivity index (χ3v) is 9.97. The first kappa shape index (κ1) is 58.3. The lowest BCUT2D eigenvalue weighted by molar-refractivity contribution is -0.163. The number of esters is 2. The van der Waals surface area contributed by atoms with Crippen LogP contribution in [0.15, 0.2) is 122 Å². The van der Waals surface area contributed by atoms with Gasteiger partial charge >= 0.3 is 11.9 Å². The zero-order valence-corrected chi connectivity index (χ0v) is 40.1. The lowest BCUT2D eigenvalue weighted by Gasteiger charge is -2.18. The van der Waals surface area contributed by atoms with Crippen LogP contribution in [-0.2, 0) is 23.8 Å². The van der Waals surface area contributed by atoms with Crippen molar-refractivity contribution in [1.82, 2.24) is 0 Å². The van der Waals surface area contributed by atoms with Crippen LogP contribution in [0.5, 0.6) is 0 Å². The molecule has 0 aromatic rings. The summed E-state index contributed by atoms with van der Waals surface area (Å²) in [5.74, 6) is -0.481. The summed E-state index contributed by atoms with van der Waals surface area (Å²) in [6.07, 6.45) is 72.1. The van der Waals surface area contributed by atoms with E-state index in [1.54, 1.807) is 0 Å². The van der Waals surface area contributed by atoms with Gasteiger partial charge in [0.05, 0.1) is 6.61 Å². The van der Waals surface area contributed by atoms with Crippen LogP contribution in [0.4, 0.5) is 0 Å². The highest BCUT2D eigenvalue weighted by molar-refractivity contribution is 5.70. The van der Waals surface area contributed by atoms with Gasteiger partial charge in [-0.3, -0.25) is 9.59 Å². The Kier molecular flexibility index (Phi) is 48.6. The van der Waals surface area contributed by atoms with Crippen LogP contribution >= 0.6 is 0 Å². The maximum Gasteiger partial charge on any atom is 0.306 e. The summed E-state index contributed by atoms with van der Waals surface area (Å²) in [7, 11) is 0. The predicted octanol–water partition coefficient (Wildman–Crippen LogP) is 17.0.